The van der Waals surface area contributed by atoms with Crippen LogP contribution in [-0.4, -0.2) is 16.8 Å². The summed E-state index contributed by atoms with van der Waals surface area (Å²) in [6.45, 7) is 4.22. The first-order valence-corrected chi connectivity index (χ1v) is 10.4. The molecule has 0 fully saturated rings. The molecule has 0 unspecified atom stereocenters. The SMILES string of the molecule is Cc1cc(C(=O)Nc2cccc(NC(=O)c3ccco3)c2)cc(C)c1OCc1cccnc1. The summed E-state index contributed by atoms with van der Waals surface area (Å²) < 4.78 is 11.1. The van der Waals surface area contributed by atoms with Crippen molar-refractivity contribution in [1.82, 2.24) is 4.98 Å². The minimum absolute atomic E-state index is 0.209. The molecule has 0 aliphatic heterocycles. The number of furan rings is 1. The van der Waals surface area contributed by atoms with E-state index < -0.39 is 0 Å². The molecule has 0 bridgehead atoms. The molecule has 2 amide bonds. The van der Waals surface area contributed by atoms with E-state index in [1.165, 1.54) is 6.26 Å². The highest BCUT2D eigenvalue weighted by Crippen LogP contribution is 2.26. The van der Waals surface area contributed by atoms with Gasteiger partial charge in [0.15, 0.2) is 5.76 Å². The maximum absolute atomic E-state index is 12.9. The molecular formula is C26H23N3O4. The van der Waals surface area contributed by atoms with E-state index in [-0.39, 0.29) is 17.6 Å². The van der Waals surface area contributed by atoms with E-state index in [0.717, 1.165) is 22.4 Å². The molecule has 7 heteroatoms. The number of carbonyl (C=O) groups excluding carboxylic acids is 2. The van der Waals surface area contributed by atoms with Crippen LogP contribution in [-0.2, 0) is 6.61 Å². The molecule has 0 saturated heterocycles. The van der Waals surface area contributed by atoms with Crippen molar-refractivity contribution in [3.05, 3.63) is 107 Å². The first kappa shape index (κ1) is 21.8. The number of aromatic nitrogens is 1. The van der Waals surface area contributed by atoms with Crippen LogP contribution in [0.5, 0.6) is 5.75 Å². The molecule has 0 aliphatic rings. The summed E-state index contributed by atoms with van der Waals surface area (Å²) in [7, 11) is 0. The van der Waals surface area contributed by atoms with E-state index in [1.54, 1.807) is 60.9 Å². The van der Waals surface area contributed by atoms with E-state index in [2.05, 4.69) is 15.6 Å². The zero-order valence-corrected chi connectivity index (χ0v) is 18.3. The number of benzene rings is 2. The van der Waals surface area contributed by atoms with Gasteiger partial charge in [-0.15, -0.1) is 0 Å². The van der Waals surface area contributed by atoms with Crippen molar-refractivity contribution in [2.45, 2.75) is 20.5 Å². The first-order chi connectivity index (χ1) is 16.0. The number of hydrogen-bond acceptors (Lipinski definition) is 5. The molecule has 0 aliphatic carbocycles. The Balaban J connectivity index is 1.43. The molecule has 33 heavy (non-hydrogen) atoms. The average Bonchev–Trinajstić information content (AvgIpc) is 3.34. The van der Waals surface area contributed by atoms with Crippen molar-refractivity contribution >= 4 is 23.2 Å². The first-order valence-electron chi connectivity index (χ1n) is 10.4. The van der Waals surface area contributed by atoms with Gasteiger partial charge in [-0.1, -0.05) is 12.1 Å². The van der Waals surface area contributed by atoms with E-state index in [1.807, 2.05) is 26.0 Å². The van der Waals surface area contributed by atoms with Crippen molar-refractivity contribution in [2.75, 3.05) is 10.6 Å². The van der Waals surface area contributed by atoms with Gasteiger partial charge >= 0.3 is 0 Å². The van der Waals surface area contributed by atoms with Gasteiger partial charge in [0.2, 0.25) is 0 Å². The topological polar surface area (TPSA) is 93.5 Å². The van der Waals surface area contributed by atoms with Crippen molar-refractivity contribution < 1.29 is 18.7 Å². The smallest absolute Gasteiger partial charge is 0.291 e. The number of ether oxygens (including phenoxy) is 1. The molecule has 2 N–H and O–H groups in total. The summed E-state index contributed by atoms with van der Waals surface area (Å²) in [6, 6.07) is 17.6. The number of hydrogen-bond donors (Lipinski definition) is 2. The molecule has 166 valence electrons. The molecule has 4 rings (SSSR count). The second-order valence-corrected chi connectivity index (χ2v) is 7.56. The van der Waals surface area contributed by atoms with Gasteiger partial charge in [-0.2, -0.15) is 0 Å². The zero-order valence-electron chi connectivity index (χ0n) is 18.3. The number of carbonyl (C=O) groups is 2. The fourth-order valence-electron chi connectivity index (χ4n) is 3.43. The Hall–Kier alpha value is -4.39. The van der Waals surface area contributed by atoms with Crippen molar-refractivity contribution in [2.24, 2.45) is 0 Å². The molecule has 0 atom stereocenters. The number of nitrogens with zero attached hydrogens (tertiary/aromatic N) is 1. The molecule has 2 aromatic heterocycles. The van der Waals surface area contributed by atoms with Crippen LogP contribution in [0.3, 0.4) is 0 Å². The predicted octanol–water partition coefficient (Wildman–Crippen LogP) is 5.38. The highest BCUT2D eigenvalue weighted by molar-refractivity contribution is 6.06. The van der Waals surface area contributed by atoms with Crippen LogP contribution in [0.4, 0.5) is 11.4 Å². The van der Waals surface area contributed by atoms with Crippen LogP contribution in [0.25, 0.3) is 0 Å². The molecule has 0 spiro atoms. The van der Waals surface area contributed by atoms with Gasteiger partial charge in [0, 0.05) is 34.9 Å². The Labute approximate surface area is 191 Å². The van der Waals surface area contributed by atoms with Crippen LogP contribution in [0.15, 0.2) is 83.7 Å². The van der Waals surface area contributed by atoms with Crippen LogP contribution < -0.4 is 15.4 Å². The number of pyridine rings is 1. The number of rotatable bonds is 7. The van der Waals surface area contributed by atoms with Gasteiger partial charge in [-0.25, -0.2) is 0 Å². The third kappa shape index (κ3) is 5.46. The summed E-state index contributed by atoms with van der Waals surface area (Å²) in [5.41, 5.74) is 4.32. The number of aryl methyl sites for hydroxylation is 2. The molecule has 0 saturated carbocycles. The van der Waals surface area contributed by atoms with E-state index >= 15 is 0 Å². The molecule has 2 aromatic carbocycles. The maximum atomic E-state index is 12.9. The summed E-state index contributed by atoms with van der Waals surface area (Å²) in [5, 5.41) is 5.62. The van der Waals surface area contributed by atoms with Gasteiger partial charge < -0.3 is 19.8 Å². The third-order valence-corrected chi connectivity index (χ3v) is 4.95. The molecular weight excluding hydrogens is 418 g/mol. The Kier molecular flexibility index (Phi) is 6.50. The van der Waals surface area contributed by atoms with Gasteiger partial charge in [-0.3, -0.25) is 14.6 Å². The van der Waals surface area contributed by atoms with E-state index in [4.69, 9.17) is 9.15 Å². The van der Waals surface area contributed by atoms with E-state index in [9.17, 15) is 9.59 Å². The Morgan fingerprint density at radius 1 is 0.909 bits per heavy atom. The van der Waals surface area contributed by atoms with Crippen molar-refractivity contribution in [3.63, 3.8) is 0 Å². The Bertz CT molecular complexity index is 1240. The van der Waals surface area contributed by atoms with Crippen LogP contribution in [0, 0.1) is 13.8 Å². The summed E-state index contributed by atoms with van der Waals surface area (Å²) in [5.74, 6) is 0.338. The van der Waals surface area contributed by atoms with Gasteiger partial charge in [-0.05, 0) is 73.5 Å². The molecule has 4 aromatic rings. The van der Waals surface area contributed by atoms with Crippen molar-refractivity contribution in [1.29, 1.82) is 0 Å². The Morgan fingerprint density at radius 3 is 2.27 bits per heavy atom. The fraction of sp³-hybridized carbons (Fsp3) is 0.115. The third-order valence-electron chi connectivity index (χ3n) is 4.95. The predicted molar refractivity (Wildman–Crippen MR) is 126 cm³/mol. The lowest BCUT2D eigenvalue weighted by Gasteiger charge is -2.14. The van der Waals surface area contributed by atoms with Gasteiger partial charge in [0.1, 0.15) is 12.4 Å². The summed E-state index contributed by atoms with van der Waals surface area (Å²) in [4.78, 5) is 29.1. The lowest BCUT2D eigenvalue weighted by molar-refractivity contribution is 0.0995. The maximum Gasteiger partial charge on any atom is 0.291 e. The quantitative estimate of drug-likeness (QED) is 0.402. The summed E-state index contributed by atoms with van der Waals surface area (Å²) in [6.07, 6.45) is 4.92. The molecule has 0 radical (unpaired) electrons. The Morgan fingerprint density at radius 2 is 1.64 bits per heavy atom. The molecule has 7 nitrogen and oxygen atoms in total. The lowest BCUT2D eigenvalue weighted by Crippen LogP contribution is -2.14. The van der Waals surface area contributed by atoms with Crippen LogP contribution >= 0.6 is 0 Å². The van der Waals surface area contributed by atoms with Gasteiger partial charge in [0.25, 0.3) is 11.8 Å². The second-order valence-electron chi connectivity index (χ2n) is 7.56. The van der Waals surface area contributed by atoms with Crippen LogP contribution in [0.1, 0.15) is 37.6 Å². The highest BCUT2D eigenvalue weighted by atomic mass is 16.5. The minimum atomic E-state index is -0.364. The second kappa shape index (κ2) is 9.82. The number of nitrogens with one attached hydrogen (secondary N) is 2. The molecule has 2 heterocycles. The van der Waals surface area contributed by atoms with E-state index in [0.29, 0.717) is 23.5 Å². The number of amides is 2. The normalized spacial score (nSPS) is 10.5. The standard InChI is InChI=1S/C26H23N3O4/c1-17-12-20(13-18(2)24(17)33-16-19-6-4-10-27-15-19)25(30)28-21-7-3-8-22(14-21)29-26(31)23-9-5-11-32-23/h3-15H,16H2,1-2H3,(H,28,30)(H,29,31). The monoisotopic (exact) mass is 441 g/mol. The zero-order chi connectivity index (χ0) is 23.2. The largest absolute Gasteiger partial charge is 0.488 e. The fourth-order valence-corrected chi connectivity index (χ4v) is 3.43. The van der Waals surface area contributed by atoms with Crippen LogP contribution in [0.2, 0.25) is 0 Å². The number of anilines is 2. The lowest BCUT2D eigenvalue weighted by atomic mass is 10.0. The summed E-state index contributed by atoms with van der Waals surface area (Å²) >= 11 is 0. The van der Waals surface area contributed by atoms with Crippen molar-refractivity contribution in [3.8, 4) is 5.75 Å². The highest BCUT2D eigenvalue weighted by Gasteiger charge is 2.14. The minimum Gasteiger partial charge on any atom is -0.488 e. The average molecular weight is 441 g/mol. The van der Waals surface area contributed by atoms with Gasteiger partial charge in [0.05, 0.1) is 6.26 Å².